The number of carboxylic acid groups (broad SMARTS) is 1. The zero-order chi connectivity index (χ0) is 14.9. The Kier molecular flexibility index (Phi) is 3.90. The Bertz CT molecular complexity index is 719. The molecule has 0 aliphatic rings. The van der Waals surface area contributed by atoms with Gasteiger partial charge in [-0.15, -0.1) is 0 Å². The minimum atomic E-state index is -1.32. The van der Waals surface area contributed by atoms with Crippen LogP contribution < -0.4 is 5.56 Å². The first-order chi connectivity index (χ1) is 9.41. The highest BCUT2D eigenvalue weighted by Crippen LogP contribution is 2.20. The number of hydrogen-bond acceptors (Lipinski definition) is 2. The monoisotopic (exact) mass is 295 g/mol. The van der Waals surface area contributed by atoms with Crippen molar-refractivity contribution in [1.29, 1.82) is 0 Å². The molecule has 0 aliphatic carbocycles. The van der Waals surface area contributed by atoms with Gasteiger partial charge in [-0.3, -0.25) is 4.79 Å². The molecule has 4 nitrogen and oxygen atoms in total. The van der Waals surface area contributed by atoms with Crippen LogP contribution in [0.5, 0.6) is 0 Å². The second-order valence-electron chi connectivity index (χ2n) is 4.29. The predicted molar refractivity (Wildman–Crippen MR) is 72.9 cm³/mol. The van der Waals surface area contributed by atoms with Gasteiger partial charge in [0.05, 0.1) is 6.54 Å². The minimum absolute atomic E-state index is 0.114. The Morgan fingerprint density at radius 2 is 2.05 bits per heavy atom. The lowest BCUT2D eigenvalue weighted by Gasteiger charge is -2.12. The van der Waals surface area contributed by atoms with Crippen LogP contribution in [0.2, 0.25) is 5.02 Å². The van der Waals surface area contributed by atoms with E-state index in [2.05, 4.69) is 0 Å². The van der Waals surface area contributed by atoms with Crippen LogP contribution in [0.1, 0.15) is 21.6 Å². The molecule has 0 aliphatic heterocycles. The largest absolute Gasteiger partial charge is 0.477 e. The summed E-state index contributed by atoms with van der Waals surface area (Å²) >= 11 is 5.91. The maximum absolute atomic E-state index is 13.7. The first-order valence-electron chi connectivity index (χ1n) is 5.78. The molecule has 1 aromatic heterocycles. The van der Waals surface area contributed by atoms with Crippen LogP contribution in [-0.2, 0) is 6.54 Å². The van der Waals surface area contributed by atoms with Gasteiger partial charge in [0.2, 0.25) is 0 Å². The van der Waals surface area contributed by atoms with E-state index in [1.165, 1.54) is 34.9 Å². The van der Waals surface area contributed by atoms with E-state index in [9.17, 15) is 14.0 Å². The van der Waals surface area contributed by atoms with Gasteiger partial charge in [-0.1, -0.05) is 17.7 Å². The molecule has 6 heteroatoms. The van der Waals surface area contributed by atoms with E-state index in [4.69, 9.17) is 16.7 Å². The van der Waals surface area contributed by atoms with E-state index in [1.807, 2.05) is 0 Å². The SMILES string of the molecule is Cc1ccc(C(=O)O)c(=O)n1Cc1c(F)cccc1Cl. The number of carboxylic acids is 1. The molecule has 0 saturated heterocycles. The van der Waals surface area contributed by atoms with Crippen molar-refractivity contribution in [3.63, 3.8) is 0 Å². The molecule has 2 rings (SSSR count). The fourth-order valence-electron chi connectivity index (χ4n) is 1.87. The fraction of sp³-hybridized carbons (Fsp3) is 0.143. The number of benzene rings is 1. The summed E-state index contributed by atoms with van der Waals surface area (Å²) in [6.45, 7) is 1.53. The molecule has 1 N–H and O–H groups in total. The highest BCUT2D eigenvalue weighted by Gasteiger charge is 2.15. The second kappa shape index (κ2) is 5.46. The van der Waals surface area contributed by atoms with Crippen LogP contribution in [0.25, 0.3) is 0 Å². The Labute approximate surface area is 119 Å². The molecule has 0 bridgehead atoms. The normalized spacial score (nSPS) is 10.6. The number of carbonyl (C=O) groups is 1. The van der Waals surface area contributed by atoms with Gasteiger partial charge in [0.1, 0.15) is 11.4 Å². The van der Waals surface area contributed by atoms with Crippen LogP contribution in [0.4, 0.5) is 4.39 Å². The summed E-state index contributed by atoms with van der Waals surface area (Å²) in [5.41, 5.74) is -0.360. The third kappa shape index (κ3) is 2.58. The molecule has 1 aromatic carbocycles. The Hall–Kier alpha value is -2.14. The molecule has 2 aromatic rings. The third-order valence-electron chi connectivity index (χ3n) is 3.00. The van der Waals surface area contributed by atoms with Gasteiger partial charge in [0.25, 0.3) is 5.56 Å². The zero-order valence-electron chi connectivity index (χ0n) is 10.6. The second-order valence-corrected chi connectivity index (χ2v) is 4.69. The van der Waals surface area contributed by atoms with Crippen molar-refractivity contribution in [3.8, 4) is 0 Å². The Morgan fingerprint density at radius 3 is 2.65 bits per heavy atom. The third-order valence-corrected chi connectivity index (χ3v) is 3.35. The molecule has 1 heterocycles. The first kappa shape index (κ1) is 14.3. The van der Waals surface area contributed by atoms with E-state index >= 15 is 0 Å². The lowest BCUT2D eigenvalue weighted by Crippen LogP contribution is -2.28. The Morgan fingerprint density at radius 1 is 1.35 bits per heavy atom. The topological polar surface area (TPSA) is 59.3 Å². The predicted octanol–water partition coefficient (Wildman–Crippen LogP) is 2.70. The van der Waals surface area contributed by atoms with Crippen LogP contribution in [0, 0.1) is 12.7 Å². The summed E-state index contributed by atoms with van der Waals surface area (Å²) in [6.07, 6.45) is 0. The van der Waals surface area contributed by atoms with Crippen molar-refractivity contribution in [3.05, 3.63) is 68.3 Å². The lowest BCUT2D eigenvalue weighted by atomic mass is 10.2. The summed E-state index contributed by atoms with van der Waals surface area (Å²) in [4.78, 5) is 23.0. The molecule has 0 spiro atoms. The van der Waals surface area contributed by atoms with E-state index in [0.717, 1.165) is 0 Å². The number of pyridine rings is 1. The van der Waals surface area contributed by atoms with E-state index in [-0.39, 0.29) is 22.7 Å². The lowest BCUT2D eigenvalue weighted by molar-refractivity contribution is 0.0694. The average Bonchev–Trinajstić information content (AvgIpc) is 2.36. The summed E-state index contributed by atoms with van der Waals surface area (Å²) in [7, 11) is 0. The van der Waals surface area contributed by atoms with Crippen molar-refractivity contribution in [2.24, 2.45) is 0 Å². The number of rotatable bonds is 3. The van der Waals surface area contributed by atoms with Gasteiger partial charge in [0, 0.05) is 16.3 Å². The molecule has 0 radical (unpaired) electrons. The fourth-order valence-corrected chi connectivity index (χ4v) is 2.09. The molecule has 0 saturated carbocycles. The number of nitrogens with zero attached hydrogens (tertiary/aromatic N) is 1. The molecular weight excluding hydrogens is 285 g/mol. The summed E-state index contributed by atoms with van der Waals surface area (Å²) in [5, 5.41) is 9.13. The zero-order valence-corrected chi connectivity index (χ0v) is 11.3. The molecule has 20 heavy (non-hydrogen) atoms. The van der Waals surface area contributed by atoms with E-state index in [1.54, 1.807) is 6.92 Å². The van der Waals surface area contributed by atoms with Gasteiger partial charge < -0.3 is 9.67 Å². The number of aromatic carboxylic acids is 1. The summed E-state index contributed by atoms with van der Waals surface area (Å²) in [6, 6.07) is 6.95. The highest BCUT2D eigenvalue weighted by molar-refractivity contribution is 6.31. The maximum Gasteiger partial charge on any atom is 0.341 e. The quantitative estimate of drug-likeness (QED) is 0.947. The molecule has 0 amide bonds. The van der Waals surface area contributed by atoms with Crippen LogP contribution in [0.3, 0.4) is 0 Å². The van der Waals surface area contributed by atoms with Gasteiger partial charge in [-0.05, 0) is 31.2 Å². The number of aryl methyl sites for hydroxylation is 1. The van der Waals surface area contributed by atoms with Gasteiger partial charge >= 0.3 is 5.97 Å². The highest BCUT2D eigenvalue weighted by atomic mass is 35.5. The minimum Gasteiger partial charge on any atom is -0.477 e. The molecule has 104 valence electrons. The van der Waals surface area contributed by atoms with Crippen LogP contribution in [-0.4, -0.2) is 15.6 Å². The van der Waals surface area contributed by atoms with Crippen molar-refractivity contribution < 1.29 is 14.3 Å². The summed E-state index contributed by atoms with van der Waals surface area (Å²) < 4.78 is 14.9. The average molecular weight is 296 g/mol. The molecule has 0 unspecified atom stereocenters. The molecule has 0 fully saturated rings. The molecule has 0 atom stereocenters. The standard InChI is InChI=1S/C14H11ClFNO3/c1-8-5-6-9(14(19)20)13(18)17(8)7-10-11(15)3-2-4-12(10)16/h2-6H,7H2,1H3,(H,19,20). The number of aromatic nitrogens is 1. The van der Waals surface area contributed by atoms with Crippen molar-refractivity contribution in [1.82, 2.24) is 4.57 Å². The number of halogens is 2. The van der Waals surface area contributed by atoms with Crippen molar-refractivity contribution in [2.75, 3.05) is 0 Å². The van der Waals surface area contributed by atoms with E-state index < -0.39 is 17.3 Å². The van der Waals surface area contributed by atoms with Gasteiger partial charge in [0.15, 0.2) is 0 Å². The van der Waals surface area contributed by atoms with Gasteiger partial charge in [-0.25, -0.2) is 9.18 Å². The maximum atomic E-state index is 13.7. The summed E-state index contributed by atoms with van der Waals surface area (Å²) in [5.74, 6) is -1.85. The Balaban J connectivity index is 2.57. The smallest absolute Gasteiger partial charge is 0.341 e. The van der Waals surface area contributed by atoms with E-state index in [0.29, 0.717) is 5.69 Å². The van der Waals surface area contributed by atoms with Crippen molar-refractivity contribution in [2.45, 2.75) is 13.5 Å². The molecular formula is C14H11ClFNO3. The van der Waals surface area contributed by atoms with Crippen LogP contribution >= 0.6 is 11.6 Å². The first-order valence-corrected chi connectivity index (χ1v) is 6.16. The van der Waals surface area contributed by atoms with Crippen LogP contribution in [0.15, 0.2) is 35.1 Å². The number of hydrogen-bond donors (Lipinski definition) is 1. The van der Waals surface area contributed by atoms with Gasteiger partial charge in [-0.2, -0.15) is 0 Å². The van der Waals surface area contributed by atoms with Crippen molar-refractivity contribution >= 4 is 17.6 Å².